The zero-order valence-corrected chi connectivity index (χ0v) is 25.9. The molecule has 0 unspecified atom stereocenters. The quantitative estimate of drug-likeness (QED) is 0.238. The van der Waals surface area contributed by atoms with Gasteiger partial charge < -0.3 is 14.0 Å². The third-order valence-electron chi connectivity index (χ3n) is 7.99. The first-order chi connectivity index (χ1) is 20.7. The van der Waals surface area contributed by atoms with E-state index in [4.69, 9.17) is 14.5 Å². The molecule has 218 valence electrons. The molecule has 0 saturated carbocycles. The highest BCUT2D eigenvalue weighted by Gasteiger charge is 2.36. The number of thiazole rings is 1. The fourth-order valence-electron chi connectivity index (χ4n) is 5.97. The third-order valence-corrected chi connectivity index (χ3v) is 8.97. The first kappa shape index (κ1) is 28.4. The lowest BCUT2D eigenvalue weighted by Crippen LogP contribution is -2.40. The summed E-state index contributed by atoms with van der Waals surface area (Å²) in [5.41, 5.74) is 6.66. The Morgan fingerprint density at radius 1 is 1.02 bits per heavy atom. The minimum absolute atomic E-state index is 0.204. The lowest BCUT2D eigenvalue weighted by molar-refractivity contribution is -0.139. The van der Waals surface area contributed by atoms with Crippen LogP contribution in [0.15, 0.2) is 87.8 Å². The Labute approximate surface area is 253 Å². The Hall–Kier alpha value is -4.69. The largest absolute Gasteiger partial charge is 0.496 e. The number of hydrogen-bond donors (Lipinski definition) is 0. The molecule has 0 spiro atoms. The van der Waals surface area contributed by atoms with E-state index in [0.717, 1.165) is 39.0 Å². The molecule has 43 heavy (non-hydrogen) atoms. The first-order valence-corrected chi connectivity index (χ1v) is 15.1. The molecule has 0 bridgehead atoms. The van der Waals surface area contributed by atoms with Crippen LogP contribution in [0.3, 0.4) is 0 Å². The van der Waals surface area contributed by atoms with E-state index >= 15 is 0 Å². The van der Waals surface area contributed by atoms with Crippen LogP contribution >= 0.6 is 11.3 Å². The number of methoxy groups -OCH3 is 1. The summed E-state index contributed by atoms with van der Waals surface area (Å²) in [6, 6.07) is 21.5. The molecule has 1 aliphatic heterocycles. The Bertz CT molecular complexity index is 2110. The lowest BCUT2D eigenvalue weighted by atomic mass is 9.90. The Morgan fingerprint density at radius 2 is 1.77 bits per heavy atom. The van der Waals surface area contributed by atoms with Gasteiger partial charge in [-0.3, -0.25) is 9.36 Å². The maximum atomic E-state index is 14.3. The van der Waals surface area contributed by atoms with Crippen molar-refractivity contribution in [3.8, 4) is 11.4 Å². The van der Waals surface area contributed by atoms with Crippen LogP contribution in [0.2, 0.25) is 0 Å². The van der Waals surface area contributed by atoms with Gasteiger partial charge >= 0.3 is 5.97 Å². The Balaban J connectivity index is 1.60. The van der Waals surface area contributed by atoms with Crippen molar-refractivity contribution in [3.05, 3.63) is 126 Å². The molecular formula is C35H33N3O4S. The number of esters is 1. The molecule has 2 aromatic heterocycles. The van der Waals surface area contributed by atoms with Crippen LogP contribution in [0.25, 0.3) is 22.5 Å². The van der Waals surface area contributed by atoms with E-state index in [1.54, 1.807) is 25.5 Å². The molecule has 6 rings (SSSR count). The van der Waals surface area contributed by atoms with Gasteiger partial charge in [0.1, 0.15) is 11.8 Å². The minimum Gasteiger partial charge on any atom is -0.496 e. The van der Waals surface area contributed by atoms with Crippen molar-refractivity contribution in [2.75, 3.05) is 13.7 Å². The highest BCUT2D eigenvalue weighted by Crippen LogP contribution is 2.40. The zero-order valence-electron chi connectivity index (χ0n) is 25.1. The van der Waals surface area contributed by atoms with Gasteiger partial charge in [-0.15, -0.1) is 0 Å². The number of allylic oxidation sites excluding steroid dienone is 1. The van der Waals surface area contributed by atoms with Gasteiger partial charge in [0, 0.05) is 22.6 Å². The first-order valence-electron chi connectivity index (χ1n) is 14.2. The summed E-state index contributed by atoms with van der Waals surface area (Å²) >= 11 is 1.32. The average Bonchev–Trinajstić information content (AvgIpc) is 3.45. The third kappa shape index (κ3) is 4.81. The number of aryl methyl sites for hydroxylation is 2. The molecule has 8 heteroatoms. The Morgan fingerprint density at radius 3 is 2.49 bits per heavy atom. The van der Waals surface area contributed by atoms with Crippen LogP contribution in [0.5, 0.6) is 5.75 Å². The smallest absolute Gasteiger partial charge is 0.338 e. The van der Waals surface area contributed by atoms with E-state index in [0.29, 0.717) is 26.4 Å². The van der Waals surface area contributed by atoms with E-state index in [1.807, 2.05) is 42.5 Å². The number of hydrogen-bond acceptors (Lipinski definition) is 6. The number of fused-ring (bicyclic) bond motifs is 2. The second-order valence-corrected chi connectivity index (χ2v) is 11.7. The average molecular weight is 592 g/mol. The van der Waals surface area contributed by atoms with Crippen molar-refractivity contribution in [2.45, 2.75) is 40.7 Å². The van der Waals surface area contributed by atoms with E-state index in [-0.39, 0.29) is 12.2 Å². The monoisotopic (exact) mass is 591 g/mol. The molecule has 0 saturated heterocycles. The van der Waals surface area contributed by atoms with Crippen LogP contribution in [-0.4, -0.2) is 28.8 Å². The van der Waals surface area contributed by atoms with E-state index < -0.39 is 12.0 Å². The summed E-state index contributed by atoms with van der Waals surface area (Å²) in [5, 5.41) is 1.86. The highest BCUT2D eigenvalue weighted by atomic mass is 32.1. The number of aromatic nitrogens is 2. The van der Waals surface area contributed by atoms with Gasteiger partial charge in [-0.1, -0.05) is 59.4 Å². The molecule has 0 amide bonds. The van der Waals surface area contributed by atoms with Crippen LogP contribution in [-0.2, 0) is 9.53 Å². The standard InChI is InChI=1S/C35H33N3O4S/c1-7-42-34(40)30-22(4)36-35-38(32(30)31-27-11-9-8-10-24(27)14-17-28(31)41-6)33(39)29(43-35)19-25-18-21(3)37(23(25)5)26-15-12-20(2)13-16-26/h8-19,32H,7H2,1-6H3/b29-19+/t32-/m1/s1. The fourth-order valence-corrected chi connectivity index (χ4v) is 7.00. The SMILES string of the molecule is CCOC(=O)C1=C(C)N=c2s/c(=C/c3cc(C)n(-c4ccc(C)cc4)c3C)c(=O)n2[C@H]1c1c(OC)ccc2ccccc12. The van der Waals surface area contributed by atoms with Gasteiger partial charge in [-0.05, 0) is 81.3 Å². The normalized spacial score (nSPS) is 15.0. The molecule has 0 fully saturated rings. The van der Waals surface area contributed by atoms with E-state index in [9.17, 15) is 9.59 Å². The van der Waals surface area contributed by atoms with Gasteiger partial charge in [-0.2, -0.15) is 0 Å². The molecule has 7 nitrogen and oxygen atoms in total. The predicted octanol–water partition coefficient (Wildman–Crippen LogP) is 5.68. The second kappa shape index (κ2) is 11.2. The molecular weight excluding hydrogens is 558 g/mol. The van der Waals surface area contributed by atoms with E-state index in [2.05, 4.69) is 55.7 Å². The van der Waals surface area contributed by atoms with Crippen molar-refractivity contribution in [2.24, 2.45) is 4.99 Å². The van der Waals surface area contributed by atoms with Crippen molar-refractivity contribution in [3.63, 3.8) is 0 Å². The number of benzene rings is 3. The predicted molar refractivity (Wildman–Crippen MR) is 171 cm³/mol. The highest BCUT2D eigenvalue weighted by molar-refractivity contribution is 7.07. The molecule has 0 N–H and O–H groups in total. The van der Waals surface area contributed by atoms with Crippen LogP contribution in [0.4, 0.5) is 0 Å². The molecule has 5 aromatic rings. The summed E-state index contributed by atoms with van der Waals surface area (Å²) in [4.78, 5) is 33.1. The molecule has 0 radical (unpaired) electrons. The van der Waals surface area contributed by atoms with Crippen molar-refractivity contribution in [1.82, 2.24) is 9.13 Å². The van der Waals surface area contributed by atoms with Crippen LogP contribution in [0, 0.1) is 20.8 Å². The van der Waals surface area contributed by atoms with Crippen LogP contribution < -0.4 is 19.6 Å². The summed E-state index contributed by atoms with van der Waals surface area (Å²) in [7, 11) is 1.60. The molecule has 1 aliphatic rings. The maximum absolute atomic E-state index is 14.3. The minimum atomic E-state index is -0.779. The molecule has 1 atom stereocenters. The summed E-state index contributed by atoms with van der Waals surface area (Å²) in [6.07, 6.45) is 1.93. The summed E-state index contributed by atoms with van der Waals surface area (Å²) in [6.45, 7) is 9.96. The van der Waals surface area contributed by atoms with Crippen molar-refractivity contribution >= 4 is 34.2 Å². The topological polar surface area (TPSA) is 74.8 Å². The summed E-state index contributed by atoms with van der Waals surface area (Å²) in [5.74, 6) is 0.0797. The molecule has 3 heterocycles. The van der Waals surface area contributed by atoms with Crippen molar-refractivity contribution in [1.29, 1.82) is 0 Å². The lowest BCUT2D eigenvalue weighted by Gasteiger charge is -2.27. The van der Waals surface area contributed by atoms with Gasteiger partial charge in [0.2, 0.25) is 0 Å². The molecule has 0 aliphatic carbocycles. The number of carbonyl (C=O) groups excluding carboxylic acids is 1. The number of nitrogens with zero attached hydrogens (tertiary/aromatic N) is 3. The van der Waals surface area contributed by atoms with E-state index in [1.165, 1.54) is 16.9 Å². The number of ether oxygens (including phenoxy) is 2. The number of carbonyl (C=O) groups is 1. The summed E-state index contributed by atoms with van der Waals surface area (Å²) < 4.78 is 15.7. The maximum Gasteiger partial charge on any atom is 0.338 e. The van der Waals surface area contributed by atoms with Crippen LogP contribution in [0.1, 0.15) is 48.0 Å². The Kier molecular flexibility index (Phi) is 7.40. The molecule has 3 aromatic carbocycles. The van der Waals surface area contributed by atoms with Crippen molar-refractivity contribution < 1.29 is 14.3 Å². The fraction of sp³-hybridized carbons (Fsp3) is 0.229. The van der Waals surface area contributed by atoms with Gasteiger partial charge in [0.05, 0.1) is 29.5 Å². The second-order valence-electron chi connectivity index (χ2n) is 10.7. The van der Waals surface area contributed by atoms with Gasteiger partial charge in [-0.25, -0.2) is 9.79 Å². The van der Waals surface area contributed by atoms with Gasteiger partial charge in [0.15, 0.2) is 4.80 Å². The number of rotatable bonds is 6. The zero-order chi connectivity index (χ0) is 30.4. The van der Waals surface area contributed by atoms with Gasteiger partial charge in [0.25, 0.3) is 5.56 Å².